The summed E-state index contributed by atoms with van der Waals surface area (Å²) in [5.41, 5.74) is 4.98. The highest BCUT2D eigenvalue weighted by atomic mass is 16.6. The van der Waals surface area contributed by atoms with E-state index in [4.69, 9.17) is 4.74 Å². The van der Waals surface area contributed by atoms with Crippen LogP contribution in [-0.2, 0) is 11.3 Å². The van der Waals surface area contributed by atoms with E-state index in [0.29, 0.717) is 19.6 Å². The maximum Gasteiger partial charge on any atom is 0.410 e. The number of anilines is 2. The van der Waals surface area contributed by atoms with Gasteiger partial charge >= 0.3 is 6.09 Å². The van der Waals surface area contributed by atoms with Gasteiger partial charge in [0.15, 0.2) is 0 Å². The van der Waals surface area contributed by atoms with Gasteiger partial charge in [0.1, 0.15) is 5.60 Å². The second-order valence-electron chi connectivity index (χ2n) is 9.66. The van der Waals surface area contributed by atoms with Crippen molar-refractivity contribution < 1.29 is 9.53 Å². The van der Waals surface area contributed by atoms with Gasteiger partial charge in [0, 0.05) is 36.9 Å². The zero-order valence-corrected chi connectivity index (χ0v) is 19.9. The lowest BCUT2D eigenvalue weighted by Crippen LogP contribution is -2.38. The van der Waals surface area contributed by atoms with Crippen molar-refractivity contribution in [1.29, 1.82) is 0 Å². The molecule has 5 heteroatoms. The summed E-state index contributed by atoms with van der Waals surface area (Å²) >= 11 is 0. The van der Waals surface area contributed by atoms with Crippen molar-refractivity contribution >= 4 is 28.2 Å². The van der Waals surface area contributed by atoms with E-state index in [9.17, 15) is 4.79 Å². The highest BCUT2D eigenvalue weighted by Crippen LogP contribution is 2.36. The fraction of sp³-hybridized carbons (Fsp3) is 0.241. The fourth-order valence-electron chi connectivity index (χ4n) is 4.42. The Bertz CT molecular complexity index is 1330. The Hall–Kier alpha value is -3.86. The lowest BCUT2D eigenvalue weighted by molar-refractivity contribution is 0.0244. The average molecular weight is 452 g/mol. The molecule has 5 nitrogen and oxygen atoms in total. The van der Waals surface area contributed by atoms with Crippen molar-refractivity contribution in [1.82, 2.24) is 9.88 Å². The van der Waals surface area contributed by atoms with Gasteiger partial charge in [-0.05, 0) is 84.6 Å². The van der Waals surface area contributed by atoms with Crippen LogP contribution in [-0.4, -0.2) is 34.7 Å². The number of ether oxygens (including phenoxy) is 1. The summed E-state index contributed by atoms with van der Waals surface area (Å²) in [6.07, 6.45) is 3.32. The summed E-state index contributed by atoms with van der Waals surface area (Å²) in [4.78, 5) is 21.3. The molecule has 1 aliphatic rings. The summed E-state index contributed by atoms with van der Waals surface area (Å²) in [6, 6.07) is 25.4. The third-order valence-electron chi connectivity index (χ3n) is 6.04. The molecule has 172 valence electrons. The molecule has 3 aromatic carbocycles. The molecule has 0 fully saturated rings. The Morgan fingerprint density at radius 1 is 0.853 bits per heavy atom. The lowest BCUT2D eigenvalue weighted by Gasteiger charge is -2.27. The quantitative estimate of drug-likeness (QED) is 0.337. The molecule has 0 bridgehead atoms. The number of carbonyl (C=O) groups is 1. The molecule has 0 spiro atoms. The van der Waals surface area contributed by atoms with Gasteiger partial charge < -0.3 is 14.5 Å². The van der Waals surface area contributed by atoms with Gasteiger partial charge in [-0.3, -0.25) is 4.98 Å². The predicted octanol–water partition coefficient (Wildman–Crippen LogP) is 6.79. The van der Waals surface area contributed by atoms with Crippen LogP contribution in [0.5, 0.6) is 0 Å². The zero-order chi connectivity index (χ0) is 23.7. The van der Waals surface area contributed by atoms with Crippen molar-refractivity contribution in [3.63, 3.8) is 0 Å². The smallest absolute Gasteiger partial charge is 0.410 e. The van der Waals surface area contributed by atoms with Gasteiger partial charge in [-0.2, -0.15) is 0 Å². The highest BCUT2D eigenvalue weighted by molar-refractivity contribution is 5.87. The minimum atomic E-state index is -0.539. The molecule has 0 unspecified atom stereocenters. The molecule has 1 aliphatic heterocycles. The number of hydrogen-bond acceptors (Lipinski definition) is 4. The predicted molar refractivity (Wildman–Crippen MR) is 137 cm³/mol. The fourth-order valence-corrected chi connectivity index (χ4v) is 4.42. The van der Waals surface area contributed by atoms with Crippen molar-refractivity contribution in [3.8, 4) is 11.1 Å². The van der Waals surface area contributed by atoms with E-state index in [1.165, 1.54) is 10.8 Å². The highest BCUT2D eigenvalue weighted by Gasteiger charge is 2.28. The first-order chi connectivity index (χ1) is 16.4. The van der Waals surface area contributed by atoms with E-state index >= 15 is 0 Å². The maximum atomic E-state index is 13.0. The Labute approximate surface area is 200 Å². The molecule has 0 N–H and O–H groups in total. The second kappa shape index (κ2) is 8.82. The second-order valence-corrected chi connectivity index (χ2v) is 9.66. The van der Waals surface area contributed by atoms with Crippen LogP contribution in [0.15, 0.2) is 85.2 Å². The number of carbonyl (C=O) groups excluding carboxylic acids is 1. The number of amides is 1. The lowest BCUT2D eigenvalue weighted by atomic mass is 10.0. The van der Waals surface area contributed by atoms with Crippen molar-refractivity contribution in [2.24, 2.45) is 0 Å². The standard InChI is InChI=1S/C29H29N3O2/c1-29(2,3)34-28(33)31-16-17-32(26-10-8-21-6-4-5-7-23(21)19-26)27-11-9-24(18-25(27)20-31)22-12-14-30-15-13-22/h4-15,18-19H,16-17,20H2,1-3H3. The largest absolute Gasteiger partial charge is 0.444 e. The van der Waals surface area contributed by atoms with Crippen LogP contribution < -0.4 is 4.90 Å². The summed E-state index contributed by atoms with van der Waals surface area (Å²) < 4.78 is 5.72. The summed E-state index contributed by atoms with van der Waals surface area (Å²) in [5, 5.41) is 2.41. The maximum absolute atomic E-state index is 13.0. The number of nitrogens with zero attached hydrogens (tertiary/aromatic N) is 3. The van der Waals surface area contributed by atoms with E-state index in [1.54, 1.807) is 12.4 Å². The Kier molecular flexibility index (Phi) is 5.70. The first-order valence-corrected chi connectivity index (χ1v) is 11.6. The number of hydrogen-bond donors (Lipinski definition) is 0. The molecule has 0 atom stereocenters. The summed E-state index contributed by atoms with van der Waals surface area (Å²) in [7, 11) is 0. The number of pyridine rings is 1. The Balaban J connectivity index is 1.57. The number of fused-ring (bicyclic) bond motifs is 2. The topological polar surface area (TPSA) is 45.7 Å². The number of rotatable bonds is 2. The third kappa shape index (κ3) is 4.60. The first-order valence-electron chi connectivity index (χ1n) is 11.6. The molecule has 0 aliphatic carbocycles. The van der Waals surface area contributed by atoms with Crippen LogP contribution in [0.25, 0.3) is 21.9 Å². The average Bonchev–Trinajstić information content (AvgIpc) is 3.03. The van der Waals surface area contributed by atoms with Gasteiger partial charge in [0.05, 0.1) is 6.54 Å². The van der Waals surface area contributed by atoms with Crippen LogP contribution in [0.2, 0.25) is 0 Å². The molecule has 34 heavy (non-hydrogen) atoms. The number of benzene rings is 3. The van der Waals surface area contributed by atoms with Gasteiger partial charge in [-0.1, -0.05) is 36.4 Å². The minimum Gasteiger partial charge on any atom is -0.444 e. The van der Waals surface area contributed by atoms with Crippen LogP contribution in [0.1, 0.15) is 26.3 Å². The molecule has 0 saturated carbocycles. The Morgan fingerprint density at radius 2 is 1.62 bits per heavy atom. The van der Waals surface area contributed by atoms with Crippen molar-refractivity contribution in [2.45, 2.75) is 32.9 Å². The van der Waals surface area contributed by atoms with Crippen LogP contribution in [0.4, 0.5) is 16.2 Å². The third-order valence-corrected chi connectivity index (χ3v) is 6.04. The first kappa shape index (κ1) is 22.0. The molecule has 1 amide bonds. The molecule has 4 aromatic rings. The molecule has 0 saturated heterocycles. The molecule has 2 heterocycles. The SMILES string of the molecule is CC(C)(C)OC(=O)N1CCN(c2ccc3ccccc3c2)c2ccc(-c3ccncc3)cc2C1. The van der Waals surface area contributed by atoms with Gasteiger partial charge in [-0.25, -0.2) is 4.79 Å². The van der Waals surface area contributed by atoms with Crippen molar-refractivity contribution in [2.75, 3.05) is 18.0 Å². The molecular weight excluding hydrogens is 422 g/mol. The molecule has 5 rings (SSSR count). The van der Waals surface area contributed by atoms with E-state index in [1.807, 2.05) is 37.8 Å². The monoisotopic (exact) mass is 451 g/mol. The van der Waals surface area contributed by atoms with E-state index in [2.05, 4.69) is 70.5 Å². The Morgan fingerprint density at radius 3 is 2.38 bits per heavy atom. The van der Waals surface area contributed by atoms with Crippen LogP contribution >= 0.6 is 0 Å². The van der Waals surface area contributed by atoms with E-state index in [-0.39, 0.29) is 6.09 Å². The van der Waals surface area contributed by atoms with E-state index in [0.717, 1.165) is 28.1 Å². The molecule has 1 aromatic heterocycles. The van der Waals surface area contributed by atoms with Gasteiger partial charge in [0.25, 0.3) is 0 Å². The zero-order valence-electron chi connectivity index (χ0n) is 19.9. The summed E-state index contributed by atoms with van der Waals surface area (Å²) in [5.74, 6) is 0. The number of aromatic nitrogens is 1. The van der Waals surface area contributed by atoms with Gasteiger partial charge in [-0.15, -0.1) is 0 Å². The molecular formula is C29H29N3O2. The minimum absolute atomic E-state index is 0.284. The van der Waals surface area contributed by atoms with Crippen molar-refractivity contribution in [3.05, 3.63) is 90.8 Å². The normalized spacial score (nSPS) is 14.0. The summed E-state index contributed by atoms with van der Waals surface area (Å²) in [6.45, 7) is 7.45. The van der Waals surface area contributed by atoms with E-state index < -0.39 is 5.60 Å². The van der Waals surface area contributed by atoms with Gasteiger partial charge in [0.2, 0.25) is 0 Å². The van der Waals surface area contributed by atoms with Crippen LogP contribution in [0, 0.1) is 0 Å². The molecule has 0 radical (unpaired) electrons. The van der Waals surface area contributed by atoms with Crippen LogP contribution in [0.3, 0.4) is 0 Å².